The van der Waals surface area contributed by atoms with Crippen LogP contribution < -0.4 is 10.2 Å². The summed E-state index contributed by atoms with van der Waals surface area (Å²) in [5, 5.41) is 7.64. The van der Waals surface area contributed by atoms with Crippen LogP contribution in [0, 0.1) is 12.7 Å². The molecule has 1 N–H and O–H groups in total. The van der Waals surface area contributed by atoms with E-state index in [2.05, 4.69) is 27.1 Å². The highest BCUT2D eigenvalue weighted by molar-refractivity contribution is 5.74. The summed E-state index contributed by atoms with van der Waals surface area (Å²) in [7, 11) is 0. The van der Waals surface area contributed by atoms with Crippen LogP contribution >= 0.6 is 0 Å². The molecule has 2 fully saturated rings. The maximum atomic E-state index is 14.2. The number of nitrogens with zero attached hydrogens (tertiary/aromatic N) is 4. The molecule has 118 valence electrons. The van der Waals surface area contributed by atoms with Crippen molar-refractivity contribution in [2.24, 2.45) is 0 Å². The zero-order chi connectivity index (χ0) is 15.3. The minimum atomic E-state index is -0.240. The fourth-order valence-corrected chi connectivity index (χ4v) is 3.91. The Morgan fingerprint density at radius 2 is 2.18 bits per heavy atom. The molecule has 4 rings (SSSR count). The SMILES string of the molecule is Cc1ccc(N2C[C@@H]3CNCCN3[C@H](C)C2)c2c(F)cnn12. The Morgan fingerprint density at radius 1 is 1.32 bits per heavy atom. The Hall–Kier alpha value is -1.66. The van der Waals surface area contributed by atoms with Crippen molar-refractivity contribution >= 4 is 11.2 Å². The Bertz CT molecular complexity index is 697. The van der Waals surface area contributed by atoms with Crippen LogP contribution in [0.25, 0.3) is 5.52 Å². The van der Waals surface area contributed by atoms with Crippen molar-refractivity contribution in [3.8, 4) is 0 Å². The van der Waals surface area contributed by atoms with E-state index in [1.807, 2.05) is 19.1 Å². The van der Waals surface area contributed by atoms with Gasteiger partial charge in [0.1, 0.15) is 5.52 Å². The van der Waals surface area contributed by atoms with Gasteiger partial charge in [0.25, 0.3) is 0 Å². The smallest absolute Gasteiger partial charge is 0.171 e. The molecule has 2 aliphatic rings. The van der Waals surface area contributed by atoms with Gasteiger partial charge in [0, 0.05) is 50.5 Å². The van der Waals surface area contributed by atoms with Crippen LogP contribution in [-0.4, -0.2) is 59.3 Å². The molecule has 2 aromatic rings. The lowest BCUT2D eigenvalue weighted by molar-refractivity contribution is 0.0971. The van der Waals surface area contributed by atoms with Crippen LogP contribution in [0.3, 0.4) is 0 Å². The van der Waals surface area contributed by atoms with E-state index in [0.717, 1.165) is 44.1 Å². The molecule has 0 unspecified atom stereocenters. The van der Waals surface area contributed by atoms with Crippen LogP contribution in [0.5, 0.6) is 0 Å². The van der Waals surface area contributed by atoms with Crippen molar-refractivity contribution in [1.29, 1.82) is 0 Å². The first kappa shape index (κ1) is 14.0. The minimum absolute atomic E-state index is 0.240. The molecule has 0 aliphatic carbocycles. The first-order chi connectivity index (χ1) is 10.6. The normalized spacial score (nSPS) is 26.4. The summed E-state index contributed by atoms with van der Waals surface area (Å²) >= 11 is 0. The van der Waals surface area contributed by atoms with E-state index >= 15 is 0 Å². The second kappa shape index (κ2) is 5.21. The molecular weight excluding hydrogens is 281 g/mol. The topological polar surface area (TPSA) is 35.8 Å². The summed E-state index contributed by atoms with van der Waals surface area (Å²) in [6.45, 7) is 9.25. The number of rotatable bonds is 1. The minimum Gasteiger partial charge on any atom is -0.367 e. The third-order valence-corrected chi connectivity index (χ3v) is 5.00. The number of hydrogen-bond donors (Lipinski definition) is 1. The molecule has 2 saturated heterocycles. The molecule has 0 saturated carbocycles. The van der Waals surface area contributed by atoms with Gasteiger partial charge in [-0.25, -0.2) is 8.91 Å². The van der Waals surface area contributed by atoms with Crippen LogP contribution in [-0.2, 0) is 0 Å². The van der Waals surface area contributed by atoms with Crippen molar-refractivity contribution in [3.05, 3.63) is 29.8 Å². The first-order valence-electron chi connectivity index (χ1n) is 7.99. The molecule has 2 atom stereocenters. The Balaban J connectivity index is 1.73. The van der Waals surface area contributed by atoms with Gasteiger partial charge in [0.05, 0.1) is 11.9 Å². The Labute approximate surface area is 129 Å². The van der Waals surface area contributed by atoms with E-state index in [-0.39, 0.29) is 5.82 Å². The average Bonchev–Trinajstić information content (AvgIpc) is 2.91. The van der Waals surface area contributed by atoms with Crippen LogP contribution in [0.15, 0.2) is 18.3 Å². The van der Waals surface area contributed by atoms with Gasteiger partial charge in [0.2, 0.25) is 0 Å². The maximum absolute atomic E-state index is 14.2. The zero-order valence-corrected chi connectivity index (χ0v) is 13.1. The molecule has 0 spiro atoms. The third-order valence-electron chi connectivity index (χ3n) is 5.00. The number of fused-ring (bicyclic) bond motifs is 2. The summed E-state index contributed by atoms with van der Waals surface area (Å²) in [4.78, 5) is 4.89. The van der Waals surface area contributed by atoms with E-state index in [1.54, 1.807) is 4.52 Å². The van der Waals surface area contributed by atoms with Crippen molar-refractivity contribution < 1.29 is 4.39 Å². The Kier molecular flexibility index (Phi) is 3.31. The largest absolute Gasteiger partial charge is 0.367 e. The van der Waals surface area contributed by atoms with Gasteiger partial charge in [-0.3, -0.25) is 4.90 Å². The fourth-order valence-electron chi connectivity index (χ4n) is 3.91. The highest BCUT2D eigenvalue weighted by Gasteiger charge is 2.34. The molecule has 4 heterocycles. The van der Waals surface area contributed by atoms with Gasteiger partial charge in [-0.15, -0.1) is 0 Å². The lowest BCUT2D eigenvalue weighted by Gasteiger charge is -2.49. The van der Waals surface area contributed by atoms with Gasteiger partial charge in [0.15, 0.2) is 5.82 Å². The maximum Gasteiger partial charge on any atom is 0.171 e. The first-order valence-corrected chi connectivity index (χ1v) is 7.99. The third kappa shape index (κ3) is 2.09. The predicted octanol–water partition coefficient (Wildman–Crippen LogP) is 1.26. The van der Waals surface area contributed by atoms with Crippen molar-refractivity contribution in [1.82, 2.24) is 19.8 Å². The zero-order valence-electron chi connectivity index (χ0n) is 13.1. The van der Waals surface area contributed by atoms with Crippen molar-refractivity contribution in [3.63, 3.8) is 0 Å². The average molecular weight is 303 g/mol. The number of piperazine rings is 2. The van der Waals surface area contributed by atoms with E-state index in [0.29, 0.717) is 17.6 Å². The van der Waals surface area contributed by atoms with Gasteiger partial charge in [-0.1, -0.05) is 0 Å². The van der Waals surface area contributed by atoms with Gasteiger partial charge in [-0.2, -0.15) is 5.10 Å². The van der Waals surface area contributed by atoms with Gasteiger partial charge >= 0.3 is 0 Å². The quantitative estimate of drug-likeness (QED) is 0.860. The van der Waals surface area contributed by atoms with E-state index in [1.165, 1.54) is 6.20 Å². The molecule has 6 heteroatoms. The second-order valence-electron chi connectivity index (χ2n) is 6.46. The summed E-state index contributed by atoms with van der Waals surface area (Å²) in [5.41, 5.74) is 2.51. The number of aromatic nitrogens is 2. The monoisotopic (exact) mass is 303 g/mol. The number of pyridine rings is 1. The lowest BCUT2D eigenvalue weighted by Crippen LogP contribution is -2.64. The summed E-state index contributed by atoms with van der Waals surface area (Å²) in [6, 6.07) is 5.02. The van der Waals surface area contributed by atoms with E-state index in [9.17, 15) is 4.39 Å². The van der Waals surface area contributed by atoms with Crippen LogP contribution in [0.1, 0.15) is 12.6 Å². The van der Waals surface area contributed by atoms with E-state index in [4.69, 9.17) is 0 Å². The number of anilines is 1. The van der Waals surface area contributed by atoms with Gasteiger partial charge in [-0.05, 0) is 26.0 Å². The van der Waals surface area contributed by atoms with Gasteiger partial charge < -0.3 is 10.2 Å². The van der Waals surface area contributed by atoms with Crippen molar-refractivity contribution in [2.45, 2.75) is 25.9 Å². The number of hydrogen-bond acceptors (Lipinski definition) is 4. The Morgan fingerprint density at radius 3 is 3.05 bits per heavy atom. The molecule has 5 nitrogen and oxygen atoms in total. The molecule has 0 radical (unpaired) electrons. The van der Waals surface area contributed by atoms with E-state index < -0.39 is 0 Å². The lowest BCUT2D eigenvalue weighted by atomic mass is 10.0. The predicted molar refractivity (Wildman–Crippen MR) is 84.9 cm³/mol. The molecule has 22 heavy (non-hydrogen) atoms. The number of nitrogens with one attached hydrogen (secondary N) is 1. The highest BCUT2D eigenvalue weighted by Crippen LogP contribution is 2.29. The second-order valence-corrected chi connectivity index (χ2v) is 6.46. The number of aryl methyl sites for hydroxylation is 1. The summed E-state index contributed by atoms with van der Waals surface area (Å²) in [5.74, 6) is -0.240. The molecule has 2 aromatic heterocycles. The molecule has 2 aliphatic heterocycles. The summed E-state index contributed by atoms with van der Waals surface area (Å²) in [6.07, 6.45) is 1.31. The highest BCUT2D eigenvalue weighted by atomic mass is 19.1. The molecule has 0 bridgehead atoms. The summed E-state index contributed by atoms with van der Waals surface area (Å²) < 4.78 is 15.9. The fraction of sp³-hybridized carbons (Fsp3) is 0.562. The van der Waals surface area contributed by atoms with Crippen molar-refractivity contribution in [2.75, 3.05) is 37.6 Å². The molecular formula is C16H22FN5. The molecule has 0 aromatic carbocycles. The van der Waals surface area contributed by atoms with Crippen LogP contribution in [0.2, 0.25) is 0 Å². The standard InChI is InChI=1S/C16H22FN5/c1-11-3-4-15(16-14(17)8-19-22(11)16)20-9-12(2)21-6-5-18-7-13(21)10-20/h3-4,8,12-13,18H,5-7,9-10H2,1-2H3/t12-,13+/m1/s1. The molecule has 0 amide bonds. The van der Waals surface area contributed by atoms with Crippen LogP contribution in [0.4, 0.5) is 10.1 Å². The number of halogens is 1.